The first-order valence-corrected chi connectivity index (χ1v) is 19.0. The van der Waals surface area contributed by atoms with E-state index in [9.17, 15) is 5.11 Å². The van der Waals surface area contributed by atoms with Crippen LogP contribution in [-0.4, -0.2) is 99.9 Å². The summed E-state index contributed by atoms with van der Waals surface area (Å²) in [6.07, 6.45) is 12.9. The van der Waals surface area contributed by atoms with Crippen LogP contribution in [-0.2, 0) is 4.74 Å². The highest BCUT2D eigenvalue weighted by Gasteiger charge is 2.55. The number of likely N-dealkylation sites (tertiary alicyclic amines) is 1. The van der Waals surface area contributed by atoms with Gasteiger partial charge in [0.25, 0.3) is 0 Å². The van der Waals surface area contributed by atoms with Crippen molar-refractivity contribution in [3.8, 4) is 23.1 Å². The highest BCUT2D eigenvalue weighted by molar-refractivity contribution is 6.35. The number of β-amino-alcohol motifs (C(OH)–C–C–N with tert-alkyl or cyclic N) is 1. The summed E-state index contributed by atoms with van der Waals surface area (Å²) < 4.78 is 35.4. The molecule has 2 saturated heterocycles. The standard InChI is InChI=1S/C38H47ClFN7O4/c1-22-14-25-24(17-41-45-25)27(29(22)39)31-30(40)32-28(34(42-31)49-3)33(47-12-13-50-20-36(2,48)19-47)44-35(43-32)51-21-38-7-4-6-26(38)46(11-5-8-38)18-23-15-37(16-23)9-10-37/h14,17,23,26,48H,4-13,15-16,18-21H2,1-3H3,(H,41,45)/t26-,36+,38-/m1/s1. The summed E-state index contributed by atoms with van der Waals surface area (Å²) in [5, 5.41) is 19.6. The van der Waals surface area contributed by atoms with E-state index in [1.807, 2.05) is 17.9 Å². The molecule has 3 aliphatic carbocycles. The van der Waals surface area contributed by atoms with Gasteiger partial charge in [0.05, 0.1) is 50.2 Å². The molecule has 0 unspecified atom stereocenters. The van der Waals surface area contributed by atoms with Crippen LogP contribution in [0.25, 0.3) is 33.1 Å². The van der Waals surface area contributed by atoms with Crippen LogP contribution in [0.4, 0.5) is 10.2 Å². The van der Waals surface area contributed by atoms with Crippen molar-refractivity contribution in [3.05, 3.63) is 28.7 Å². The molecule has 0 bridgehead atoms. The number of benzene rings is 1. The van der Waals surface area contributed by atoms with Crippen molar-refractivity contribution in [1.82, 2.24) is 30.0 Å². The maximum atomic E-state index is 17.2. The Kier molecular flexibility index (Phi) is 8.14. The van der Waals surface area contributed by atoms with Gasteiger partial charge < -0.3 is 24.2 Å². The molecule has 5 fully saturated rings. The van der Waals surface area contributed by atoms with E-state index in [0.29, 0.717) is 63.9 Å². The van der Waals surface area contributed by atoms with E-state index in [4.69, 9.17) is 40.8 Å². The quantitative estimate of drug-likeness (QED) is 0.210. The number of methoxy groups -OCH3 is 1. The van der Waals surface area contributed by atoms with Gasteiger partial charge in [-0.05, 0) is 94.7 Å². The van der Waals surface area contributed by atoms with Crippen LogP contribution in [0.2, 0.25) is 5.02 Å². The number of aromatic nitrogens is 5. The van der Waals surface area contributed by atoms with Crippen molar-refractivity contribution in [1.29, 1.82) is 0 Å². The molecule has 0 radical (unpaired) electrons. The fourth-order valence-electron chi connectivity index (χ4n) is 9.98. The van der Waals surface area contributed by atoms with Crippen molar-refractivity contribution in [2.45, 2.75) is 83.3 Å². The second-order valence-electron chi connectivity index (χ2n) is 16.5. The van der Waals surface area contributed by atoms with Gasteiger partial charge in [0.1, 0.15) is 28.0 Å². The van der Waals surface area contributed by atoms with E-state index in [2.05, 4.69) is 15.1 Å². The second-order valence-corrected chi connectivity index (χ2v) is 16.8. The molecule has 0 amide bonds. The van der Waals surface area contributed by atoms with Crippen molar-refractivity contribution in [2.24, 2.45) is 16.7 Å². The largest absolute Gasteiger partial charge is 0.480 e. The van der Waals surface area contributed by atoms with Gasteiger partial charge >= 0.3 is 6.01 Å². The van der Waals surface area contributed by atoms with Crippen LogP contribution in [0.5, 0.6) is 11.9 Å². The highest BCUT2D eigenvalue weighted by atomic mass is 35.5. The maximum absolute atomic E-state index is 17.2. The molecule has 3 saturated carbocycles. The van der Waals surface area contributed by atoms with Crippen molar-refractivity contribution >= 4 is 39.2 Å². The van der Waals surface area contributed by atoms with Gasteiger partial charge in [0, 0.05) is 35.5 Å². The Morgan fingerprint density at radius 3 is 2.76 bits per heavy atom. The van der Waals surface area contributed by atoms with Crippen LogP contribution in [0, 0.1) is 29.5 Å². The summed E-state index contributed by atoms with van der Waals surface area (Å²) in [4.78, 5) is 19.1. The Bertz CT molecular complexity index is 1990. The van der Waals surface area contributed by atoms with Crippen molar-refractivity contribution < 1.29 is 23.7 Å². The lowest BCUT2D eigenvalue weighted by Gasteiger charge is -2.49. The van der Waals surface area contributed by atoms with Crippen LogP contribution in [0.15, 0.2) is 12.3 Å². The number of fused-ring (bicyclic) bond motifs is 3. The number of nitrogens with zero attached hydrogens (tertiary/aromatic N) is 6. The Labute approximate surface area is 302 Å². The third-order valence-electron chi connectivity index (χ3n) is 12.6. The minimum atomic E-state index is -1.17. The molecule has 1 spiro atoms. The fraction of sp³-hybridized carbons (Fsp3) is 0.632. The molecule has 1 aromatic carbocycles. The molecule has 2 aliphatic heterocycles. The molecule has 4 aromatic rings. The van der Waals surface area contributed by atoms with Gasteiger partial charge in [-0.2, -0.15) is 15.1 Å². The van der Waals surface area contributed by atoms with Crippen LogP contribution >= 0.6 is 11.6 Å². The van der Waals surface area contributed by atoms with Crippen LogP contribution in [0.3, 0.4) is 0 Å². The smallest absolute Gasteiger partial charge is 0.319 e. The molecule has 11 nitrogen and oxygen atoms in total. The van der Waals surface area contributed by atoms with Gasteiger partial charge in [0.15, 0.2) is 5.82 Å². The van der Waals surface area contributed by atoms with E-state index >= 15 is 4.39 Å². The SMILES string of the molecule is COc1nc(-c2c(Cl)c(C)cc3[nH]ncc23)c(F)c2nc(OC[C@]34CCC[C@H]3N(CC3CC5(CC5)C3)CCC4)nc(N3CCOC[C@@](C)(O)C3)c12. The van der Waals surface area contributed by atoms with Crippen molar-refractivity contribution in [3.63, 3.8) is 0 Å². The van der Waals surface area contributed by atoms with Gasteiger partial charge in [0.2, 0.25) is 5.88 Å². The molecule has 3 aromatic heterocycles. The number of hydrogen-bond donors (Lipinski definition) is 2. The Morgan fingerprint density at radius 1 is 1.14 bits per heavy atom. The van der Waals surface area contributed by atoms with E-state index in [1.165, 1.54) is 52.2 Å². The summed E-state index contributed by atoms with van der Waals surface area (Å²) in [7, 11) is 1.49. The second kappa shape index (κ2) is 12.4. The summed E-state index contributed by atoms with van der Waals surface area (Å²) in [6, 6.07) is 2.44. The van der Waals surface area contributed by atoms with E-state index in [1.54, 1.807) is 13.1 Å². The summed E-state index contributed by atoms with van der Waals surface area (Å²) in [5.41, 5.74) is 1.42. The van der Waals surface area contributed by atoms with E-state index < -0.39 is 11.4 Å². The monoisotopic (exact) mass is 719 g/mol. The first-order chi connectivity index (χ1) is 24.6. The third kappa shape index (κ3) is 5.81. The average Bonchev–Trinajstić information content (AvgIpc) is 3.62. The predicted molar refractivity (Wildman–Crippen MR) is 193 cm³/mol. The van der Waals surface area contributed by atoms with Gasteiger partial charge in [-0.1, -0.05) is 18.0 Å². The number of piperidine rings is 1. The predicted octanol–water partition coefficient (Wildman–Crippen LogP) is 6.47. The molecule has 3 atom stereocenters. The zero-order valence-electron chi connectivity index (χ0n) is 29.7. The maximum Gasteiger partial charge on any atom is 0.319 e. The Balaban J connectivity index is 1.12. The van der Waals surface area contributed by atoms with Crippen LogP contribution < -0.4 is 14.4 Å². The third-order valence-corrected chi connectivity index (χ3v) is 13.0. The number of rotatable bonds is 8. The minimum Gasteiger partial charge on any atom is -0.480 e. The number of aromatic amines is 1. The number of ether oxygens (including phenoxy) is 3. The summed E-state index contributed by atoms with van der Waals surface area (Å²) in [5.74, 6) is 0.672. The molecule has 9 rings (SSSR count). The summed E-state index contributed by atoms with van der Waals surface area (Å²) >= 11 is 6.88. The molecule has 2 N–H and O–H groups in total. The Hall–Kier alpha value is -3.32. The van der Waals surface area contributed by atoms with Crippen molar-refractivity contribution in [2.75, 3.05) is 58.0 Å². The van der Waals surface area contributed by atoms with Gasteiger partial charge in [-0.15, -0.1) is 0 Å². The molecule has 5 heterocycles. The van der Waals surface area contributed by atoms with E-state index in [0.717, 1.165) is 37.3 Å². The number of nitrogens with one attached hydrogen (secondary N) is 1. The Morgan fingerprint density at radius 2 is 1.96 bits per heavy atom. The molecular formula is C38H47ClFN7O4. The molecular weight excluding hydrogens is 673 g/mol. The molecule has 5 aliphatic rings. The fourth-order valence-corrected chi connectivity index (χ4v) is 10.2. The average molecular weight is 720 g/mol. The number of H-pyrrole nitrogens is 1. The number of aliphatic hydroxyl groups is 1. The number of halogens is 2. The topological polar surface area (TPSA) is 122 Å². The number of aryl methyl sites for hydroxylation is 1. The summed E-state index contributed by atoms with van der Waals surface area (Å²) in [6.45, 7) is 7.52. The molecule has 13 heteroatoms. The number of hydrogen-bond acceptors (Lipinski definition) is 10. The number of anilines is 1. The first-order valence-electron chi connectivity index (χ1n) is 18.6. The molecule has 272 valence electrons. The van der Waals surface area contributed by atoms with Crippen LogP contribution in [0.1, 0.15) is 70.3 Å². The zero-order chi connectivity index (χ0) is 35.1. The van der Waals surface area contributed by atoms with Gasteiger partial charge in [-0.3, -0.25) is 10.00 Å². The lowest BCUT2D eigenvalue weighted by Crippen LogP contribution is -2.54. The van der Waals surface area contributed by atoms with E-state index in [-0.39, 0.29) is 41.7 Å². The van der Waals surface area contributed by atoms with Gasteiger partial charge in [-0.25, -0.2) is 9.37 Å². The normalized spacial score (nSPS) is 27.9. The lowest BCUT2D eigenvalue weighted by atomic mass is 9.70. The molecule has 51 heavy (non-hydrogen) atoms. The minimum absolute atomic E-state index is 0.000517. The highest BCUT2D eigenvalue weighted by Crippen LogP contribution is 2.63. The number of pyridine rings is 1. The lowest BCUT2D eigenvalue weighted by molar-refractivity contribution is -0.0213. The first kappa shape index (κ1) is 33.5. The zero-order valence-corrected chi connectivity index (χ0v) is 30.5.